The highest BCUT2D eigenvalue weighted by Crippen LogP contribution is 2.28. The molecule has 0 atom stereocenters. The van der Waals surface area contributed by atoms with Crippen LogP contribution in [-0.2, 0) is 6.54 Å². The number of rotatable bonds is 4. The van der Waals surface area contributed by atoms with E-state index >= 15 is 0 Å². The standard InChI is InChI=1S/C11H17ClN2O/c1-8-4-10(12)5-9(11(8)15-3)6-14(2)7-13/h4-5H,6-7,13H2,1-3H3. The van der Waals surface area contributed by atoms with Crippen LogP contribution in [0.2, 0.25) is 5.02 Å². The number of ether oxygens (including phenoxy) is 1. The van der Waals surface area contributed by atoms with Crippen LogP contribution in [-0.4, -0.2) is 25.7 Å². The fourth-order valence-corrected chi connectivity index (χ4v) is 1.86. The molecule has 0 aliphatic rings. The predicted molar refractivity (Wildman–Crippen MR) is 63.3 cm³/mol. The molecule has 0 aliphatic heterocycles. The van der Waals surface area contributed by atoms with E-state index < -0.39 is 0 Å². The Morgan fingerprint density at radius 2 is 2.13 bits per heavy atom. The molecule has 1 rings (SSSR count). The summed E-state index contributed by atoms with van der Waals surface area (Å²) < 4.78 is 5.35. The van der Waals surface area contributed by atoms with Gasteiger partial charge in [0.1, 0.15) is 5.75 Å². The summed E-state index contributed by atoms with van der Waals surface area (Å²) in [6, 6.07) is 3.81. The van der Waals surface area contributed by atoms with Crippen LogP contribution in [0.1, 0.15) is 11.1 Å². The number of aryl methyl sites for hydroxylation is 1. The van der Waals surface area contributed by atoms with Gasteiger partial charge in [-0.3, -0.25) is 4.90 Å². The number of hydrogen-bond donors (Lipinski definition) is 1. The van der Waals surface area contributed by atoms with Gasteiger partial charge in [0.15, 0.2) is 0 Å². The van der Waals surface area contributed by atoms with E-state index in [1.54, 1.807) is 7.11 Å². The molecule has 0 unspecified atom stereocenters. The average molecular weight is 229 g/mol. The molecule has 0 spiro atoms. The van der Waals surface area contributed by atoms with Gasteiger partial charge in [0.05, 0.1) is 7.11 Å². The number of nitrogens with zero attached hydrogens (tertiary/aromatic N) is 1. The van der Waals surface area contributed by atoms with E-state index in [2.05, 4.69) is 0 Å². The first-order valence-electron chi connectivity index (χ1n) is 4.80. The summed E-state index contributed by atoms with van der Waals surface area (Å²) in [5, 5.41) is 0.730. The molecule has 3 nitrogen and oxygen atoms in total. The highest BCUT2D eigenvalue weighted by molar-refractivity contribution is 6.30. The third-order valence-electron chi connectivity index (χ3n) is 2.27. The Hall–Kier alpha value is -0.770. The molecule has 1 aromatic rings. The van der Waals surface area contributed by atoms with Gasteiger partial charge in [-0.25, -0.2) is 0 Å². The Kier molecular flexibility index (Phi) is 4.39. The normalized spacial score (nSPS) is 10.8. The van der Waals surface area contributed by atoms with Crippen molar-refractivity contribution in [2.45, 2.75) is 13.5 Å². The van der Waals surface area contributed by atoms with Crippen molar-refractivity contribution in [2.75, 3.05) is 20.8 Å². The van der Waals surface area contributed by atoms with Gasteiger partial charge in [0.25, 0.3) is 0 Å². The molecule has 0 radical (unpaired) electrons. The van der Waals surface area contributed by atoms with Crippen molar-refractivity contribution < 1.29 is 4.74 Å². The Morgan fingerprint density at radius 3 is 2.67 bits per heavy atom. The first-order chi connectivity index (χ1) is 7.08. The molecular formula is C11H17ClN2O. The maximum Gasteiger partial charge on any atom is 0.126 e. The van der Waals surface area contributed by atoms with Crippen molar-refractivity contribution in [3.63, 3.8) is 0 Å². The van der Waals surface area contributed by atoms with Crippen LogP contribution < -0.4 is 10.5 Å². The largest absolute Gasteiger partial charge is 0.496 e. The molecule has 4 heteroatoms. The minimum Gasteiger partial charge on any atom is -0.496 e. The molecule has 1 aromatic carbocycles. The molecule has 15 heavy (non-hydrogen) atoms. The Bertz CT molecular complexity index is 342. The monoisotopic (exact) mass is 228 g/mol. The topological polar surface area (TPSA) is 38.5 Å². The van der Waals surface area contributed by atoms with Crippen LogP contribution >= 0.6 is 11.6 Å². The van der Waals surface area contributed by atoms with Gasteiger partial charge < -0.3 is 10.5 Å². The summed E-state index contributed by atoms with van der Waals surface area (Å²) >= 11 is 6.00. The van der Waals surface area contributed by atoms with Crippen LogP contribution in [0, 0.1) is 6.92 Å². The average Bonchev–Trinajstić information content (AvgIpc) is 2.17. The Labute approximate surface area is 95.8 Å². The zero-order valence-electron chi connectivity index (χ0n) is 9.38. The van der Waals surface area contributed by atoms with Crippen molar-refractivity contribution in [3.05, 3.63) is 28.3 Å². The molecule has 2 N–H and O–H groups in total. The van der Waals surface area contributed by atoms with Crippen LogP contribution in [0.5, 0.6) is 5.75 Å². The Morgan fingerprint density at radius 1 is 1.47 bits per heavy atom. The van der Waals surface area contributed by atoms with Gasteiger partial charge in [-0.1, -0.05) is 11.6 Å². The van der Waals surface area contributed by atoms with Crippen molar-refractivity contribution >= 4 is 11.6 Å². The van der Waals surface area contributed by atoms with Crippen molar-refractivity contribution in [1.82, 2.24) is 4.90 Å². The molecule has 0 heterocycles. The minimum atomic E-state index is 0.509. The van der Waals surface area contributed by atoms with Crippen LogP contribution in [0.4, 0.5) is 0 Å². The van der Waals surface area contributed by atoms with Gasteiger partial charge in [0, 0.05) is 23.8 Å². The molecular weight excluding hydrogens is 212 g/mol. The maximum atomic E-state index is 6.00. The summed E-state index contributed by atoms with van der Waals surface area (Å²) in [7, 11) is 3.62. The second-order valence-corrected chi connectivity index (χ2v) is 4.05. The second kappa shape index (κ2) is 5.35. The zero-order valence-corrected chi connectivity index (χ0v) is 10.1. The summed E-state index contributed by atoms with van der Waals surface area (Å²) in [5.74, 6) is 0.889. The molecule has 0 saturated carbocycles. The van der Waals surface area contributed by atoms with E-state index in [1.807, 2.05) is 31.0 Å². The third-order valence-corrected chi connectivity index (χ3v) is 2.49. The summed E-state index contributed by atoms with van der Waals surface area (Å²) in [4.78, 5) is 1.99. The first kappa shape index (κ1) is 12.3. The lowest BCUT2D eigenvalue weighted by Gasteiger charge is -2.17. The van der Waals surface area contributed by atoms with E-state index in [-0.39, 0.29) is 0 Å². The molecule has 84 valence electrons. The number of hydrogen-bond acceptors (Lipinski definition) is 3. The first-order valence-corrected chi connectivity index (χ1v) is 5.18. The summed E-state index contributed by atoms with van der Waals surface area (Å²) in [6.07, 6.45) is 0. The Balaban J connectivity index is 3.03. The zero-order chi connectivity index (χ0) is 11.4. The van der Waals surface area contributed by atoms with Gasteiger partial charge in [-0.05, 0) is 31.7 Å². The fraction of sp³-hybridized carbons (Fsp3) is 0.455. The molecule has 0 amide bonds. The quantitative estimate of drug-likeness (QED) is 0.802. The van der Waals surface area contributed by atoms with Crippen LogP contribution in [0.25, 0.3) is 0 Å². The molecule has 0 fully saturated rings. The molecule has 0 aromatic heterocycles. The van der Waals surface area contributed by atoms with Crippen LogP contribution in [0.3, 0.4) is 0 Å². The lowest BCUT2D eigenvalue weighted by atomic mass is 10.1. The minimum absolute atomic E-state index is 0.509. The van der Waals surface area contributed by atoms with Gasteiger partial charge >= 0.3 is 0 Å². The smallest absolute Gasteiger partial charge is 0.126 e. The third kappa shape index (κ3) is 3.09. The highest BCUT2D eigenvalue weighted by Gasteiger charge is 2.09. The second-order valence-electron chi connectivity index (χ2n) is 3.61. The summed E-state index contributed by atoms with van der Waals surface area (Å²) in [6.45, 7) is 3.23. The summed E-state index contributed by atoms with van der Waals surface area (Å²) in [5.41, 5.74) is 7.65. The van der Waals surface area contributed by atoms with Crippen molar-refractivity contribution in [1.29, 1.82) is 0 Å². The molecule has 0 saturated heterocycles. The van der Waals surface area contributed by atoms with Gasteiger partial charge in [0.2, 0.25) is 0 Å². The van der Waals surface area contributed by atoms with E-state index in [1.165, 1.54) is 0 Å². The lowest BCUT2D eigenvalue weighted by molar-refractivity contribution is 0.325. The maximum absolute atomic E-state index is 6.00. The number of halogens is 1. The van der Waals surface area contributed by atoms with Gasteiger partial charge in [-0.2, -0.15) is 0 Å². The lowest BCUT2D eigenvalue weighted by Crippen LogP contribution is -2.25. The highest BCUT2D eigenvalue weighted by atomic mass is 35.5. The molecule has 0 aliphatic carbocycles. The van der Waals surface area contributed by atoms with Crippen molar-refractivity contribution in [2.24, 2.45) is 5.73 Å². The van der Waals surface area contributed by atoms with Gasteiger partial charge in [-0.15, -0.1) is 0 Å². The number of benzene rings is 1. The number of nitrogens with two attached hydrogens (primary N) is 1. The van der Waals surface area contributed by atoms with E-state index in [0.717, 1.165) is 28.4 Å². The number of methoxy groups -OCH3 is 1. The van der Waals surface area contributed by atoms with Crippen molar-refractivity contribution in [3.8, 4) is 5.75 Å². The van der Waals surface area contributed by atoms with E-state index in [0.29, 0.717) is 6.67 Å². The van der Waals surface area contributed by atoms with Crippen LogP contribution in [0.15, 0.2) is 12.1 Å². The van der Waals surface area contributed by atoms with E-state index in [4.69, 9.17) is 22.1 Å². The van der Waals surface area contributed by atoms with E-state index in [9.17, 15) is 0 Å². The SMILES string of the molecule is COc1c(C)cc(Cl)cc1CN(C)CN. The molecule has 0 bridgehead atoms. The predicted octanol–water partition coefficient (Wildman–Crippen LogP) is 2.01. The fourth-order valence-electron chi connectivity index (χ4n) is 1.56.